The zero-order valence-corrected chi connectivity index (χ0v) is 12.4. The first-order valence-corrected chi connectivity index (χ1v) is 7.47. The molecule has 0 spiro atoms. The van der Waals surface area contributed by atoms with Crippen molar-refractivity contribution in [1.29, 1.82) is 0 Å². The molecule has 1 aliphatic rings. The lowest BCUT2D eigenvalue weighted by Crippen LogP contribution is -2.35. The Balaban J connectivity index is 1.60. The van der Waals surface area contributed by atoms with Crippen LogP contribution < -0.4 is 10.1 Å². The minimum absolute atomic E-state index is 0.161. The van der Waals surface area contributed by atoms with Gasteiger partial charge in [-0.25, -0.2) is 0 Å². The molecular weight excluding hydrogens is 246 g/mol. The Bertz CT molecular complexity index is 587. The van der Waals surface area contributed by atoms with Crippen molar-refractivity contribution in [2.45, 2.75) is 32.7 Å². The van der Waals surface area contributed by atoms with Crippen LogP contribution in [0.1, 0.15) is 26.7 Å². The van der Waals surface area contributed by atoms with Gasteiger partial charge in [-0.1, -0.05) is 44.2 Å². The fourth-order valence-corrected chi connectivity index (χ4v) is 2.30. The van der Waals surface area contributed by atoms with E-state index in [2.05, 4.69) is 61.6 Å². The Morgan fingerprint density at radius 3 is 2.60 bits per heavy atom. The van der Waals surface area contributed by atoms with Crippen molar-refractivity contribution >= 4 is 10.8 Å². The molecule has 1 N–H and O–H groups in total. The molecule has 0 radical (unpaired) electrons. The second-order valence-corrected chi connectivity index (χ2v) is 6.62. The highest BCUT2D eigenvalue weighted by atomic mass is 16.5. The summed E-state index contributed by atoms with van der Waals surface area (Å²) in [7, 11) is 0. The molecule has 1 fully saturated rings. The van der Waals surface area contributed by atoms with E-state index in [4.69, 9.17) is 4.74 Å². The summed E-state index contributed by atoms with van der Waals surface area (Å²) in [6.07, 6.45) is 2.67. The average Bonchev–Trinajstić information content (AvgIpc) is 3.27. The predicted molar refractivity (Wildman–Crippen MR) is 84.2 cm³/mol. The first kappa shape index (κ1) is 13.4. The van der Waals surface area contributed by atoms with Gasteiger partial charge in [0.1, 0.15) is 5.75 Å². The minimum atomic E-state index is 0.161. The summed E-state index contributed by atoms with van der Waals surface area (Å²) in [5.41, 5.74) is 0.161. The maximum atomic E-state index is 5.99. The highest BCUT2D eigenvalue weighted by molar-refractivity contribution is 5.83. The van der Waals surface area contributed by atoms with E-state index in [0.717, 1.165) is 24.9 Å². The lowest BCUT2D eigenvalue weighted by atomic mass is 9.95. The van der Waals surface area contributed by atoms with E-state index in [1.807, 2.05) is 0 Å². The number of rotatable bonds is 6. The van der Waals surface area contributed by atoms with Gasteiger partial charge >= 0.3 is 0 Å². The standard InChI is InChI=1S/C18H23NO/c1-18(2,12-19-16-8-9-16)13-20-17-10-7-14-5-3-4-6-15(14)11-17/h3-7,10-11,16,19H,8-9,12-13H2,1-2H3. The molecule has 1 aliphatic carbocycles. The second kappa shape index (κ2) is 5.45. The molecule has 0 heterocycles. The van der Waals surface area contributed by atoms with Gasteiger partial charge in [0, 0.05) is 18.0 Å². The van der Waals surface area contributed by atoms with E-state index in [1.165, 1.54) is 23.6 Å². The summed E-state index contributed by atoms with van der Waals surface area (Å²) in [4.78, 5) is 0. The Hall–Kier alpha value is -1.54. The zero-order valence-electron chi connectivity index (χ0n) is 12.4. The van der Waals surface area contributed by atoms with Gasteiger partial charge in [-0.15, -0.1) is 0 Å². The molecule has 0 amide bonds. The van der Waals surface area contributed by atoms with Crippen molar-refractivity contribution in [3.8, 4) is 5.75 Å². The van der Waals surface area contributed by atoms with Gasteiger partial charge in [-0.05, 0) is 35.7 Å². The number of fused-ring (bicyclic) bond motifs is 1. The first-order chi connectivity index (χ1) is 9.62. The number of benzene rings is 2. The van der Waals surface area contributed by atoms with E-state index in [-0.39, 0.29) is 5.41 Å². The molecule has 20 heavy (non-hydrogen) atoms. The van der Waals surface area contributed by atoms with Crippen molar-refractivity contribution in [2.24, 2.45) is 5.41 Å². The van der Waals surface area contributed by atoms with Crippen molar-refractivity contribution in [3.63, 3.8) is 0 Å². The Morgan fingerprint density at radius 1 is 1.10 bits per heavy atom. The van der Waals surface area contributed by atoms with E-state index in [0.29, 0.717) is 0 Å². The van der Waals surface area contributed by atoms with Crippen molar-refractivity contribution < 1.29 is 4.74 Å². The van der Waals surface area contributed by atoms with Crippen LogP contribution in [0.5, 0.6) is 5.75 Å². The topological polar surface area (TPSA) is 21.3 Å². The maximum Gasteiger partial charge on any atom is 0.119 e. The highest BCUT2D eigenvalue weighted by Crippen LogP contribution is 2.24. The van der Waals surface area contributed by atoms with Crippen molar-refractivity contribution in [2.75, 3.05) is 13.2 Å². The van der Waals surface area contributed by atoms with Crippen LogP contribution in [-0.2, 0) is 0 Å². The molecule has 2 nitrogen and oxygen atoms in total. The van der Waals surface area contributed by atoms with E-state index >= 15 is 0 Å². The SMILES string of the molecule is CC(C)(CNC1CC1)COc1ccc2ccccc2c1. The highest BCUT2D eigenvalue weighted by Gasteiger charge is 2.25. The van der Waals surface area contributed by atoms with Gasteiger partial charge in [0.15, 0.2) is 0 Å². The average molecular weight is 269 g/mol. The molecule has 0 unspecified atom stereocenters. The van der Waals surface area contributed by atoms with Gasteiger partial charge in [-0.3, -0.25) is 0 Å². The quantitative estimate of drug-likeness (QED) is 0.856. The normalized spacial score (nSPS) is 15.5. The molecule has 3 rings (SSSR count). The molecule has 0 bridgehead atoms. The maximum absolute atomic E-state index is 5.99. The van der Waals surface area contributed by atoms with Crippen LogP contribution >= 0.6 is 0 Å². The van der Waals surface area contributed by atoms with E-state index in [9.17, 15) is 0 Å². The van der Waals surface area contributed by atoms with Crippen LogP contribution in [0, 0.1) is 5.41 Å². The van der Waals surface area contributed by atoms with E-state index < -0.39 is 0 Å². The van der Waals surface area contributed by atoms with Crippen LogP contribution in [-0.4, -0.2) is 19.2 Å². The zero-order chi connectivity index (χ0) is 14.0. The summed E-state index contributed by atoms with van der Waals surface area (Å²) in [6, 6.07) is 15.5. The second-order valence-electron chi connectivity index (χ2n) is 6.62. The molecule has 2 aromatic rings. The summed E-state index contributed by atoms with van der Waals surface area (Å²) in [5, 5.41) is 6.08. The molecule has 2 heteroatoms. The fraction of sp³-hybridized carbons (Fsp3) is 0.444. The molecule has 106 valence electrons. The van der Waals surface area contributed by atoms with Crippen LogP contribution in [0.2, 0.25) is 0 Å². The lowest BCUT2D eigenvalue weighted by molar-refractivity contribution is 0.176. The first-order valence-electron chi connectivity index (χ1n) is 7.47. The van der Waals surface area contributed by atoms with Gasteiger partial charge < -0.3 is 10.1 Å². The Labute approximate surface area is 121 Å². The smallest absolute Gasteiger partial charge is 0.119 e. The van der Waals surface area contributed by atoms with Crippen LogP contribution in [0.25, 0.3) is 10.8 Å². The molecule has 2 aromatic carbocycles. The van der Waals surface area contributed by atoms with Gasteiger partial charge in [0.25, 0.3) is 0 Å². The Morgan fingerprint density at radius 2 is 1.85 bits per heavy atom. The lowest BCUT2D eigenvalue weighted by Gasteiger charge is -2.25. The van der Waals surface area contributed by atoms with Gasteiger partial charge in [0.2, 0.25) is 0 Å². The monoisotopic (exact) mass is 269 g/mol. The number of hydrogen-bond donors (Lipinski definition) is 1. The van der Waals surface area contributed by atoms with Crippen LogP contribution in [0.4, 0.5) is 0 Å². The minimum Gasteiger partial charge on any atom is -0.493 e. The van der Waals surface area contributed by atoms with Gasteiger partial charge in [-0.2, -0.15) is 0 Å². The van der Waals surface area contributed by atoms with Crippen molar-refractivity contribution in [3.05, 3.63) is 42.5 Å². The molecular formula is C18H23NO. The van der Waals surface area contributed by atoms with Crippen molar-refractivity contribution in [1.82, 2.24) is 5.32 Å². The molecule has 0 aliphatic heterocycles. The third-order valence-electron chi connectivity index (χ3n) is 3.80. The summed E-state index contributed by atoms with van der Waals surface area (Å²) in [5.74, 6) is 0.961. The number of nitrogens with one attached hydrogen (secondary N) is 1. The number of ether oxygens (including phenoxy) is 1. The van der Waals surface area contributed by atoms with Crippen LogP contribution in [0.3, 0.4) is 0 Å². The predicted octanol–water partition coefficient (Wildman–Crippen LogP) is 4.00. The Kier molecular flexibility index (Phi) is 3.66. The third-order valence-corrected chi connectivity index (χ3v) is 3.80. The van der Waals surface area contributed by atoms with Gasteiger partial charge in [0.05, 0.1) is 6.61 Å². The molecule has 0 saturated heterocycles. The molecule has 0 aromatic heterocycles. The fourth-order valence-electron chi connectivity index (χ4n) is 2.30. The largest absolute Gasteiger partial charge is 0.493 e. The van der Waals surface area contributed by atoms with Crippen LogP contribution in [0.15, 0.2) is 42.5 Å². The van der Waals surface area contributed by atoms with E-state index in [1.54, 1.807) is 0 Å². The number of hydrogen-bond acceptors (Lipinski definition) is 2. The molecule has 1 saturated carbocycles. The summed E-state index contributed by atoms with van der Waals surface area (Å²) < 4.78 is 5.99. The summed E-state index contributed by atoms with van der Waals surface area (Å²) >= 11 is 0. The summed E-state index contributed by atoms with van der Waals surface area (Å²) in [6.45, 7) is 6.27. The molecule has 0 atom stereocenters. The third kappa shape index (κ3) is 3.51.